The Labute approximate surface area is 128 Å². The van der Waals surface area contributed by atoms with Gasteiger partial charge in [-0.05, 0) is 47.4 Å². The number of nitrogens with zero attached hydrogens (tertiary/aromatic N) is 2. The van der Waals surface area contributed by atoms with E-state index in [1.807, 2.05) is 6.07 Å². The summed E-state index contributed by atoms with van der Waals surface area (Å²) in [4.78, 5) is 18.3. The molecule has 0 aromatic carbocycles. The van der Waals surface area contributed by atoms with Crippen LogP contribution in [0.5, 0.6) is 0 Å². The lowest BCUT2D eigenvalue weighted by atomic mass is 10.2. The number of hydrogen-bond acceptors (Lipinski definition) is 5. The van der Waals surface area contributed by atoms with Gasteiger partial charge in [0.05, 0.1) is 18.4 Å². The maximum absolute atomic E-state index is 11.4. The van der Waals surface area contributed by atoms with Crippen LogP contribution in [-0.2, 0) is 17.8 Å². The number of aromatic nitrogens is 1. The molecule has 0 bridgehead atoms. The van der Waals surface area contributed by atoms with Crippen molar-refractivity contribution in [3.63, 3.8) is 0 Å². The zero-order valence-electron chi connectivity index (χ0n) is 12.0. The zero-order chi connectivity index (χ0) is 14.7. The standard InChI is InChI=1S/C16H18N2O2S/c1-20-16(19)13-2-3-14(17-8-13)10-18(15-4-5-15)9-12-6-7-21-11-12/h2-3,6-8,11,15H,4-5,9-10H2,1H3. The van der Waals surface area contributed by atoms with E-state index in [-0.39, 0.29) is 5.97 Å². The van der Waals surface area contributed by atoms with Gasteiger partial charge in [0.15, 0.2) is 0 Å². The third-order valence-electron chi connectivity index (χ3n) is 3.64. The Morgan fingerprint density at radius 2 is 2.24 bits per heavy atom. The molecule has 1 fully saturated rings. The third-order valence-corrected chi connectivity index (χ3v) is 4.37. The van der Waals surface area contributed by atoms with Crippen molar-refractivity contribution in [2.24, 2.45) is 0 Å². The Bertz CT molecular complexity index is 591. The van der Waals surface area contributed by atoms with E-state index in [0.717, 1.165) is 18.8 Å². The third kappa shape index (κ3) is 3.68. The van der Waals surface area contributed by atoms with Crippen LogP contribution < -0.4 is 0 Å². The molecule has 21 heavy (non-hydrogen) atoms. The predicted octanol–water partition coefficient (Wildman–Crippen LogP) is 3.09. The van der Waals surface area contributed by atoms with Gasteiger partial charge in [-0.3, -0.25) is 9.88 Å². The van der Waals surface area contributed by atoms with E-state index in [2.05, 4.69) is 31.4 Å². The predicted molar refractivity (Wildman–Crippen MR) is 82.2 cm³/mol. The van der Waals surface area contributed by atoms with E-state index in [1.54, 1.807) is 23.6 Å². The summed E-state index contributed by atoms with van der Waals surface area (Å²) < 4.78 is 4.69. The number of esters is 1. The molecule has 2 heterocycles. The molecule has 0 N–H and O–H groups in total. The highest BCUT2D eigenvalue weighted by atomic mass is 32.1. The van der Waals surface area contributed by atoms with Crippen LogP contribution in [0.3, 0.4) is 0 Å². The fraction of sp³-hybridized carbons (Fsp3) is 0.375. The SMILES string of the molecule is COC(=O)c1ccc(CN(Cc2ccsc2)C2CC2)nc1. The minimum Gasteiger partial charge on any atom is -0.465 e. The molecule has 1 aliphatic rings. The van der Waals surface area contributed by atoms with Gasteiger partial charge >= 0.3 is 5.97 Å². The molecule has 110 valence electrons. The number of ether oxygens (including phenoxy) is 1. The van der Waals surface area contributed by atoms with Gasteiger partial charge in [-0.1, -0.05) is 0 Å². The van der Waals surface area contributed by atoms with E-state index >= 15 is 0 Å². The quantitative estimate of drug-likeness (QED) is 0.769. The largest absolute Gasteiger partial charge is 0.465 e. The summed E-state index contributed by atoms with van der Waals surface area (Å²) in [5.74, 6) is -0.341. The van der Waals surface area contributed by atoms with Gasteiger partial charge in [-0.25, -0.2) is 4.79 Å². The van der Waals surface area contributed by atoms with E-state index < -0.39 is 0 Å². The van der Waals surface area contributed by atoms with Crippen molar-refractivity contribution < 1.29 is 9.53 Å². The van der Waals surface area contributed by atoms with Crippen molar-refractivity contribution in [3.05, 3.63) is 52.0 Å². The highest BCUT2D eigenvalue weighted by Crippen LogP contribution is 2.29. The molecule has 2 aromatic rings. The van der Waals surface area contributed by atoms with Crippen LogP contribution in [0, 0.1) is 0 Å². The van der Waals surface area contributed by atoms with Crippen LogP contribution in [0.2, 0.25) is 0 Å². The van der Waals surface area contributed by atoms with Gasteiger partial charge in [-0.2, -0.15) is 11.3 Å². The first kappa shape index (κ1) is 14.2. The topological polar surface area (TPSA) is 42.4 Å². The molecule has 0 aliphatic heterocycles. The zero-order valence-corrected chi connectivity index (χ0v) is 12.8. The molecule has 0 unspecified atom stereocenters. The molecular weight excluding hydrogens is 284 g/mol. The fourth-order valence-electron chi connectivity index (χ4n) is 2.34. The average molecular weight is 302 g/mol. The first-order valence-electron chi connectivity index (χ1n) is 7.04. The molecule has 2 aromatic heterocycles. The normalized spacial score (nSPS) is 14.4. The van der Waals surface area contributed by atoms with Gasteiger partial charge in [0.1, 0.15) is 0 Å². The Hall–Kier alpha value is -1.72. The molecular formula is C16H18N2O2S. The summed E-state index contributed by atoms with van der Waals surface area (Å²) in [7, 11) is 1.38. The lowest BCUT2D eigenvalue weighted by molar-refractivity contribution is 0.0600. The smallest absolute Gasteiger partial charge is 0.339 e. The van der Waals surface area contributed by atoms with E-state index in [4.69, 9.17) is 0 Å². The van der Waals surface area contributed by atoms with E-state index in [0.29, 0.717) is 11.6 Å². The maximum Gasteiger partial charge on any atom is 0.339 e. The molecule has 1 aliphatic carbocycles. The van der Waals surface area contributed by atoms with Crippen LogP contribution in [0.1, 0.15) is 34.5 Å². The number of carbonyl (C=O) groups is 1. The van der Waals surface area contributed by atoms with Crippen molar-refractivity contribution in [3.8, 4) is 0 Å². The monoisotopic (exact) mass is 302 g/mol. The number of carbonyl (C=O) groups excluding carboxylic acids is 1. The van der Waals surface area contributed by atoms with Crippen molar-refractivity contribution >= 4 is 17.3 Å². The molecule has 1 saturated carbocycles. The fourth-order valence-corrected chi connectivity index (χ4v) is 3.00. The number of hydrogen-bond donors (Lipinski definition) is 0. The molecule has 4 nitrogen and oxygen atoms in total. The maximum atomic E-state index is 11.4. The molecule has 0 amide bonds. The van der Waals surface area contributed by atoms with Crippen LogP contribution in [0.4, 0.5) is 0 Å². The number of rotatable bonds is 6. The first-order valence-corrected chi connectivity index (χ1v) is 7.99. The molecule has 0 saturated heterocycles. The van der Waals surface area contributed by atoms with Gasteiger partial charge in [0, 0.05) is 25.3 Å². The summed E-state index contributed by atoms with van der Waals surface area (Å²) >= 11 is 1.73. The van der Waals surface area contributed by atoms with Crippen molar-refractivity contribution in [2.45, 2.75) is 32.0 Å². The lowest BCUT2D eigenvalue weighted by Gasteiger charge is -2.21. The van der Waals surface area contributed by atoms with E-state index in [1.165, 1.54) is 25.5 Å². The minimum absolute atomic E-state index is 0.341. The molecule has 0 radical (unpaired) electrons. The highest BCUT2D eigenvalue weighted by molar-refractivity contribution is 7.07. The lowest BCUT2D eigenvalue weighted by Crippen LogP contribution is -2.25. The summed E-state index contributed by atoms with van der Waals surface area (Å²) in [5.41, 5.74) is 2.85. The van der Waals surface area contributed by atoms with Gasteiger partial charge in [0.25, 0.3) is 0 Å². The average Bonchev–Trinajstić information content (AvgIpc) is 3.24. The van der Waals surface area contributed by atoms with Crippen molar-refractivity contribution in [1.29, 1.82) is 0 Å². The number of thiophene rings is 1. The summed E-state index contributed by atoms with van der Waals surface area (Å²) in [5, 5.41) is 4.31. The van der Waals surface area contributed by atoms with Gasteiger partial charge in [0.2, 0.25) is 0 Å². The molecule has 3 rings (SSSR count). The van der Waals surface area contributed by atoms with Crippen LogP contribution >= 0.6 is 11.3 Å². The molecule has 5 heteroatoms. The van der Waals surface area contributed by atoms with Crippen LogP contribution in [0.15, 0.2) is 35.2 Å². The van der Waals surface area contributed by atoms with Crippen molar-refractivity contribution in [2.75, 3.05) is 7.11 Å². The second-order valence-corrected chi connectivity index (χ2v) is 6.08. The Kier molecular flexibility index (Phi) is 4.31. The summed E-state index contributed by atoms with van der Waals surface area (Å²) in [6, 6.07) is 6.54. The van der Waals surface area contributed by atoms with Gasteiger partial charge < -0.3 is 4.74 Å². The van der Waals surface area contributed by atoms with Crippen molar-refractivity contribution in [1.82, 2.24) is 9.88 Å². The Balaban J connectivity index is 1.66. The number of methoxy groups -OCH3 is 1. The molecule has 0 spiro atoms. The molecule has 0 atom stereocenters. The minimum atomic E-state index is -0.341. The van der Waals surface area contributed by atoms with Gasteiger partial charge in [-0.15, -0.1) is 0 Å². The summed E-state index contributed by atoms with van der Waals surface area (Å²) in [6.07, 6.45) is 4.13. The number of pyridine rings is 1. The second kappa shape index (κ2) is 6.37. The summed E-state index contributed by atoms with van der Waals surface area (Å²) in [6.45, 7) is 1.79. The van der Waals surface area contributed by atoms with Crippen LogP contribution in [0.25, 0.3) is 0 Å². The van der Waals surface area contributed by atoms with E-state index in [9.17, 15) is 4.79 Å². The second-order valence-electron chi connectivity index (χ2n) is 5.30. The Morgan fingerprint density at radius 3 is 2.81 bits per heavy atom. The highest BCUT2D eigenvalue weighted by Gasteiger charge is 2.29. The first-order chi connectivity index (χ1) is 10.3. The Morgan fingerprint density at radius 1 is 1.38 bits per heavy atom. The van der Waals surface area contributed by atoms with Crippen LogP contribution in [-0.4, -0.2) is 29.0 Å².